The zero-order chi connectivity index (χ0) is 18.4. The number of carbonyl (C=O) groups excluding carboxylic acids is 2. The fourth-order valence-corrected chi connectivity index (χ4v) is 2.37. The molecule has 5 heteroatoms. The lowest BCUT2D eigenvalue weighted by molar-refractivity contribution is -0.148. The molecule has 0 aliphatic rings. The summed E-state index contributed by atoms with van der Waals surface area (Å²) in [6.07, 6.45) is 3.32. The van der Waals surface area contributed by atoms with Crippen LogP contribution >= 0.6 is 0 Å². The molecular weight excluding hydrogens is 318 g/mol. The third-order valence-electron chi connectivity index (χ3n) is 3.76. The van der Waals surface area contributed by atoms with Crippen LogP contribution in [0.3, 0.4) is 0 Å². The van der Waals surface area contributed by atoms with Crippen LogP contribution in [0.25, 0.3) is 6.08 Å². The normalized spacial score (nSPS) is 12.4. The number of para-hydroxylation sites is 1. The molecule has 0 fully saturated rings. The van der Waals surface area contributed by atoms with E-state index in [0.717, 1.165) is 16.8 Å². The van der Waals surface area contributed by atoms with Crippen molar-refractivity contribution in [2.24, 2.45) is 0 Å². The van der Waals surface area contributed by atoms with Gasteiger partial charge in [-0.3, -0.25) is 4.79 Å². The lowest BCUT2D eigenvalue weighted by Gasteiger charge is -2.18. The minimum atomic E-state index is -0.909. The summed E-state index contributed by atoms with van der Waals surface area (Å²) in [5.41, 5.74) is 2.79. The molecule has 25 heavy (non-hydrogen) atoms. The molecule has 0 unspecified atom stereocenters. The fourth-order valence-electron chi connectivity index (χ4n) is 2.37. The van der Waals surface area contributed by atoms with Crippen molar-refractivity contribution in [3.8, 4) is 0 Å². The zero-order valence-corrected chi connectivity index (χ0v) is 14.9. The van der Waals surface area contributed by atoms with Crippen molar-refractivity contribution >= 4 is 23.6 Å². The number of benzene rings is 1. The van der Waals surface area contributed by atoms with Crippen LogP contribution in [0.5, 0.6) is 0 Å². The van der Waals surface area contributed by atoms with E-state index < -0.39 is 12.1 Å². The van der Waals surface area contributed by atoms with Crippen LogP contribution in [-0.2, 0) is 14.3 Å². The van der Waals surface area contributed by atoms with Crippen LogP contribution in [0.15, 0.2) is 47.1 Å². The first-order valence-corrected chi connectivity index (χ1v) is 8.21. The van der Waals surface area contributed by atoms with Crippen LogP contribution < -0.4 is 5.32 Å². The number of carbonyl (C=O) groups is 2. The van der Waals surface area contributed by atoms with Gasteiger partial charge in [-0.1, -0.05) is 32.0 Å². The molecule has 1 N–H and O–H groups in total. The maximum Gasteiger partial charge on any atom is 0.331 e. The highest BCUT2D eigenvalue weighted by Crippen LogP contribution is 2.27. The van der Waals surface area contributed by atoms with Gasteiger partial charge in [0.05, 0.1) is 6.26 Å². The largest absolute Gasteiger partial charge is 0.465 e. The van der Waals surface area contributed by atoms with E-state index in [-0.39, 0.29) is 11.8 Å². The number of amides is 1. The van der Waals surface area contributed by atoms with Gasteiger partial charge in [-0.15, -0.1) is 0 Å². The maximum absolute atomic E-state index is 12.4. The lowest BCUT2D eigenvalue weighted by atomic mass is 9.98. The van der Waals surface area contributed by atoms with Crippen molar-refractivity contribution in [1.82, 2.24) is 0 Å². The molecule has 2 rings (SSSR count). The van der Waals surface area contributed by atoms with E-state index in [1.54, 1.807) is 19.1 Å². The van der Waals surface area contributed by atoms with Crippen LogP contribution in [0.1, 0.15) is 43.6 Å². The standard InChI is InChI=1S/C20H23NO4/c1-13(2)17-9-5-7-14(3)19(17)21-20(23)15(4)25-18(22)11-10-16-8-6-12-24-16/h5-13,15H,1-4H3,(H,21,23)/b11-10+/t15-/m1/s1. The second-order valence-electron chi connectivity index (χ2n) is 6.11. The van der Waals surface area contributed by atoms with E-state index in [2.05, 4.69) is 19.2 Å². The van der Waals surface area contributed by atoms with Gasteiger partial charge in [0.2, 0.25) is 0 Å². The molecule has 1 heterocycles. The Balaban J connectivity index is 2.00. The molecule has 0 spiro atoms. The topological polar surface area (TPSA) is 68.5 Å². The van der Waals surface area contributed by atoms with E-state index in [0.29, 0.717) is 5.76 Å². The van der Waals surface area contributed by atoms with Crippen LogP contribution in [-0.4, -0.2) is 18.0 Å². The second-order valence-corrected chi connectivity index (χ2v) is 6.11. The lowest BCUT2D eigenvalue weighted by Crippen LogP contribution is -2.30. The van der Waals surface area contributed by atoms with Gasteiger partial charge >= 0.3 is 5.97 Å². The van der Waals surface area contributed by atoms with Crippen molar-refractivity contribution in [3.05, 3.63) is 59.6 Å². The number of hydrogen-bond acceptors (Lipinski definition) is 4. The van der Waals surface area contributed by atoms with E-state index in [4.69, 9.17) is 9.15 Å². The Labute approximate surface area is 147 Å². The Bertz CT molecular complexity index is 760. The van der Waals surface area contributed by atoms with Gasteiger partial charge in [-0.05, 0) is 49.1 Å². The van der Waals surface area contributed by atoms with Crippen LogP contribution in [0.4, 0.5) is 5.69 Å². The minimum Gasteiger partial charge on any atom is -0.465 e. The molecule has 0 saturated heterocycles. The molecule has 5 nitrogen and oxygen atoms in total. The molecule has 0 aliphatic carbocycles. The fraction of sp³-hybridized carbons (Fsp3) is 0.300. The predicted molar refractivity (Wildman–Crippen MR) is 97.2 cm³/mol. The summed E-state index contributed by atoms with van der Waals surface area (Å²) in [6.45, 7) is 7.60. The summed E-state index contributed by atoms with van der Waals surface area (Å²) in [7, 11) is 0. The molecule has 1 atom stereocenters. The summed E-state index contributed by atoms with van der Waals surface area (Å²) in [5, 5.41) is 2.88. The number of rotatable bonds is 6. The van der Waals surface area contributed by atoms with E-state index in [9.17, 15) is 9.59 Å². The van der Waals surface area contributed by atoms with Crippen molar-refractivity contribution in [2.75, 3.05) is 5.32 Å². The highest BCUT2D eigenvalue weighted by molar-refractivity contribution is 5.97. The Hall–Kier alpha value is -2.82. The molecule has 0 bridgehead atoms. The summed E-state index contributed by atoms with van der Waals surface area (Å²) < 4.78 is 10.2. The van der Waals surface area contributed by atoms with Crippen molar-refractivity contribution in [2.45, 2.75) is 39.7 Å². The first kappa shape index (κ1) is 18.5. The van der Waals surface area contributed by atoms with Gasteiger partial charge in [0, 0.05) is 11.8 Å². The molecule has 1 aromatic heterocycles. The summed E-state index contributed by atoms with van der Waals surface area (Å²) in [6, 6.07) is 9.31. The summed E-state index contributed by atoms with van der Waals surface area (Å²) >= 11 is 0. The van der Waals surface area contributed by atoms with E-state index in [1.165, 1.54) is 18.4 Å². The highest BCUT2D eigenvalue weighted by atomic mass is 16.5. The number of furan rings is 1. The Morgan fingerprint density at radius 3 is 2.56 bits per heavy atom. The van der Waals surface area contributed by atoms with Crippen molar-refractivity contribution in [3.63, 3.8) is 0 Å². The summed E-state index contributed by atoms with van der Waals surface area (Å²) in [5.74, 6) is -0.163. The summed E-state index contributed by atoms with van der Waals surface area (Å²) in [4.78, 5) is 24.2. The van der Waals surface area contributed by atoms with Gasteiger partial charge in [0.1, 0.15) is 5.76 Å². The monoisotopic (exact) mass is 341 g/mol. The molecule has 132 valence electrons. The van der Waals surface area contributed by atoms with E-state index in [1.807, 2.05) is 25.1 Å². The number of nitrogens with one attached hydrogen (secondary N) is 1. The Morgan fingerprint density at radius 1 is 1.16 bits per heavy atom. The predicted octanol–water partition coefficient (Wildman–Crippen LogP) is 4.30. The quantitative estimate of drug-likeness (QED) is 0.628. The first-order valence-electron chi connectivity index (χ1n) is 8.21. The number of anilines is 1. The molecule has 0 saturated carbocycles. The molecule has 0 radical (unpaired) electrons. The van der Waals surface area contributed by atoms with Gasteiger partial charge in [-0.2, -0.15) is 0 Å². The third-order valence-corrected chi connectivity index (χ3v) is 3.76. The number of hydrogen-bond donors (Lipinski definition) is 1. The zero-order valence-electron chi connectivity index (χ0n) is 14.9. The molecule has 1 aromatic carbocycles. The van der Waals surface area contributed by atoms with Crippen molar-refractivity contribution in [1.29, 1.82) is 0 Å². The number of esters is 1. The second kappa shape index (κ2) is 8.33. The minimum absolute atomic E-state index is 0.268. The molecular formula is C20H23NO4. The van der Waals surface area contributed by atoms with Crippen molar-refractivity contribution < 1.29 is 18.7 Å². The Morgan fingerprint density at radius 2 is 1.92 bits per heavy atom. The van der Waals surface area contributed by atoms with Crippen LogP contribution in [0, 0.1) is 6.92 Å². The average Bonchev–Trinajstić information content (AvgIpc) is 3.07. The number of aryl methyl sites for hydroxylation is 1. The maximum atomic E-state index is 12.4. The molecule has 0 aliphatic heterocycles. The van der Waals surface area contributed by atoms with Gasteiger partial charge in [0.15, 0.2) is 6.10 Å². The molecule has 1 amide bonds. The highest BCUT2D eigenvalue weighted by Gasteiger charge is 2.19. The first-order chi connectivity index (χ1) is 11.9. The third kappa shape index (κ3) is 5.08. The average molecular weight is 341 g/mol. The van der Waals surface area contributed by atoms with Crippen LogP contribution in [0.2, 0.25) is 0 Å². The van der Waals surface area contributed by atoms with Gasteiger partial charge in [0.25, 0.3) is 5.91 Å². The molecule has 2 aromatic rings. The smallest absolute Gasteiger partial charge is 0.331 e. The number of ether oxygens (including phenoxy) is 1. The van der Waals surface area contributed by atoms with Gasteiger partial charge < -0.3 is 14.5 Å². The Kier molecular flexibility index (Phi) is 6.17. The SMILES string of the molecule is Cc1cccc(C(C)C)c1NC(=O)[C@@H](C)OC(=O)/C=C/c1ccco1. The van der Waals surface area contributed by atoms with Gasteiger partial charge in [-0.25, -0.2) is 4.79 Å². The van der Waals surface area contributed by atoms with E-state index >= 15 is 0 Å².